The molecule has 0 aliphatic heterocycles. The van der Waals surface area contributed by atoms with Gasteiger partial charge in [0.05, 0.1) is 12.3 Å². The highest BCUT2D eigenvalue weighted by molar-refractivity contribution is 6.30. The molecular weight excluding hydrogens is 303 g/mol. The SMILES string of the molecule is OCc1c(Cl)nc(-c2ccc(F)cc2)n1Cc1ccccc1. The van der Waals surface area contributed by atoms with Gasteiger partial charge in [0.1, 0.15) is 11.6 Å². The molecule has 22 heavy (non-hydrogen) atoms. The highest BCUT2D eigenvalue weighted by Crippen LogP contribution is 2.27. The van der Waals surface area contributed by atoms with Gasteiger partial charge in [-0.3, -0.25) is 0 Å². The normalized spacial score (nSPS) is 10.9. The van der Waals surface area contributed by atoms with Crippen molar-refractivity contribution in [3.63, 3.8) is 0 Å². The number of rotatable bonds is 4. The number of hydrogen-bond acceptors (Lipinski definition) is 2. The number of imidazole rings is 1. The van der Waals surface area contributed by atoms with Crippen LogP contribution in [0.5, 0.6) is 0 Å². The lowest BCUT2D eigenvalue weighted by molar-refractivity contribution is 0.272. The number of hydrogen-bond donors (Lipinski definition) is 1. The summed E-state index contributed by atoms with van der Waals surface area (Å²) >= 11 is 6.13. The van der Waals surface area contributed by atoms with Gasteiger partial charge in [-0.1, -0.05) is 41.9 Å². The van der Waals surface area contributed by atoms with Crippen molar-refractivity contribution in [1.82, 2.24) is 9.55 Å². The number of aliphatic hydroxyl groups excluding tert-OH is 1. The van der Waals surface area contributed by atoms with Gasteiger partial charge < -0.3 is 9.67 Å². The maximum atomic E-state index is 13.1. The van der Waals surface area contributed by atoms with Gasteiger partial charge >= 0.3 is 0 Å². The van der Waals surface area contributed by atoms with E-state index in [9.17, 15) is 9.50 Å². The van der Waals surface area contributed by atoms with Crippen LogP contribution in [0.3, 0.4) is 0 Å². The van der Waals surface area contributed by atoms with Gasteiger partial charge in [0.2, 0.25) is 0 Å². The van der Waals surface area contributed by atoms with Gasteiger partial charge in [0, 0.05) is 12.1 Å². The van der Waals surface area contributed by atoms with E-state index in [0.29, 0.717) is 18.1 Å². The third-order valence-corrected chi connectivity index (χ3v) is 3.76. The molecule has 3 rings (SSSR count). The molecule has 0 amide bonds. The van der Waals surface area contributed by atoms with Crippen molar-refractivity contribution in [1.29, 1.82) is 0 Å². The van der Waals surface area contributed by atoms with Gasteiger partial charge in [-0.25, -0.2) is 9.37 Å². The van der Waals surface area contributed by atoms with Crippen molar-refractivity contribution in [2.75, 3.05) is 0 Å². The Morgan fingerprint density at radius 2 is 1.73 bits per heavy atom. The first-order chi connectivity index (χ1) is 10.7. The molecule has 2 aromatic carbocycles. The smallest absolute Gasteiger partial charge is 0.153 e. The summed E-state index contributed by atoms with van der Waals surface area (Å²) in [4.78, 5) is 4.32. The predicted octanol–water partition coefficient (Wildman–Crippen LogP) is 3.88. The molecule has 0 fully saturated rings. The maximum Gasteiger partial charge on any atom is 0.153 e. The fraction of sp³-hybridized carbons (Fsp3) is 0.118. The van der Waals surface area contributed by atoms with Crippen LogP contribution in [0.15, 0.2) is 54.6 Å². The average Bonchev–Trinajstić information content (AvgIpc) is 2.85. The van der Waals surface area contributed by atoms with Crippen molar-refractivity contribution in [3.8, 4) is 11.4 Å². The second-order valence-corrected chi connectivity index (χ2v) is 5.27. The Morgan fingerprint density at radius 3 is 2.36 bits per heavy atom. The predicted molar refractivity (Wildman–Crippen MR) is 84.1 cm³/mol. The van der Waals surface area contributed by atoms with Gasteiger partial charge in [-0.2, -0.15) is 0 Å². The molecule has 0 saturated heterocycles. The highest BCUT2D eigenvalue weighted by atomic mass is 35.5. The van der Waals surface area contributed by atoms with E-state index in [4.69, 9.17) is 11.6 Å². The van der Waals surface area contributed by atoms with E-state index in [-0.39, 0.29) is 17.6 Å². The maximum absolute atomic E-state index is 13.1. The molecule has 0 aliphatic rings. The standard InChI is InChI=1S/C17H14ClFN2O/c18-16-15(11-22)21(10-12-4-2-1-3-5-12)17(20-16)13-6-8-14(19)9-7-13/h1-9,22H,10-11H2. The Hall–Kier alpha value is -2.17. The Kier molecular flexibility index (Phi) is 4.22. The van der Waals surface area contributed by atoms with Crippen LogP contribution in [0.2, 0.25) is 5.15 Å². The Labute approximate surface area is 132 Å². The Morgan fingerprint density at radius 1 is 1.05 bits per heavy atom. The van der Waals surface area contributed by atoms with Crippen LogP contribution in [-0.2, 0) is 13.2 Å². The third-order valence-electron chi connectivity index (χ3n) is 3.46. The van der Waals surface area contributed by atoms with Crippen LogP contribution in [0.4, 0.5) is 4.39 Å². The van der Waals surface area contributed by atoms with E-state index in [0.717, 1.165) is 11.1 Å². The summed E-state index contributed by atoms with van der Waals surface area (Å²) in [7, 11) is 0. The topological polar surface area (TPSA) is 38.1 Å². The molecule has 0 atom stereocenters. The zero-order valence-electron chi connectivity index (χ0n) is 11.7. The summed E-state index contributed by atoms with van der Waals surface area (Å²) in [6.07, 6.45) is 0. The summed E-state index contributed by atoms with van der Waals surface area (Å²) in [5.74, 6) is 0.302. The van der Waals surface area contributed by atoms with Gasteiger partial charge in [-0.05, 0) is 29.8 Å². The minimum atomic E-state index is -0.307. The summed E-state index contributed by atoms with van der Waals surface area (Å²) in [5, 5.41) is 9.84. The molecule has 3 nitrogen and oxygen atoms in total. The van der Waals surface area contributed by atoms with Crippen molar-refractivity contribution in [3.05, 3.63) is 76.8 Å². The second kappa shape index (κ2) is 6.30. The average molecular weight is 317 g/mol. The van der Waals surface area contributed by atoms with Crippen LogP contribution in [0, 0.1) is 5.82 Å². The first-order valence-electron chi connectivity index (χ1n) is 6.84. The van der Waals surface area contributed by atoms with Crippen LogP contribution in [-0.4, -0.2) is 14.7 Å². The number of halogens is 2. The molecule has 1 aromatic heterocycles. The van der Waals surface area contributed by atoms with Crippen LogP contribution >= 0.6 is 11.6 Å². The Bertz CT molecular complexity index is 769. The lowest BCUT2D eigenvalue weighted by Gasteiger charge is -2.11. The van der Waals surface area contributed by atoms with Crippen molar-refractivity contribution < 1.29 is 9.50 Å². The summed E-state index contributed by atoms with van der Waals surface area (Å²) < 4.78 is 15.0. The van der Waals surface area contributed by atoms with E-state index in [1.165, 1.54) is 12.1 Å². The fourth-order valence-corrected chi connectivity index (χ4v) is 2.61. The van der Waals surface area contributed by atoms with E-state index >= 15 is 0 Å². The van der Waals surface area contributed by atoms with Gasteiger partial charge in [0.25, 0.3) is 0 Å². The Balaban J connectivity index is 2.08. The summed E-state index contributed by atoms with van der Waals surface area (Å²) in [5.41, 5.74) is 2.36. The molecule has 3 aromatic rings. The molecule has 1 heterocycles. The summed E-state index contributed by atoms with van der Waals surface area (Å²) in [6.45, 7) is 0.322. The largest absolute Gasteiger partial charge is 0.390 e. The third kappa shape index (κ3) is 2.89. The fourth-order valence-electron chi connectivity index (χ4n) is 2.36. The number of nitrogens with zero attached hydrogens (tertiary/aromatic N) is 2. The zero-order chi connectivity index (χ0) is 15.5. The molecule has 0 aliphatic carbocycles. The summed E-state index contributed by atoms with van der Waals surface area (Å²) in [6, 6.07) is 15.9. The van der Waals surface area contributed by atoms with Crippen molar-refractivity contribution in [2.24, 2.45) is 0 Å². The molecule has 1 N–H and O–H groups in total. The molecule has 0 spiro atoms. The van der Waals surface area contributed by atoms with Gasteiger partial charge in [-0.15, -0.1) is 0 Å². The quantitative estimate of drug-likeness (QED) is 0.793. The van der Waals surface area contributed by atoms with Crippen molar-refractivity contribution in [2.45, 2.75) is 13.2 Å². The lowest BCUT2D eigenvalue weighted by atomic mass is 10.2. The zero-order valence-corrected chi connectivity index (χ0v) is 12.5. The molecule has 112 valence electrons. The number of aliphatic hydroxyl groups is 1. The molecule has 0 bridgehead atoms. The van der Waals surface area contributed by atoms with E-state index in [1.54, 1.807) is 12.1 Å². The van der Waals surface area contributed by atoms with E-state index in [1.807, 2.05) is 34.9 Å². The molecule has 5 heteroatoms. The highest BCUT2D eigenvalue weighted by Gasteiger charge is 2.16. The van der Waals surface area contributed by atoms with Crippen molar-refractivity contribution >= 4 is 11.6 Å². The molecular formula is C17H14ClFN2O. The minimum absolute atomic E-state index is 0.208. The molecule has 0 unspecified atom stereocenters. The second-order valence-electron chi connectivity index (χ2n) is 4.91. The van der Waals surface area contributed by atoms with E-state index < -0.39 is 0 Å². The monoisotopic (exact) mass is 316 g/mol. The number of aromatic nitrogens is 2. The van der Waals surface area contributed by atoms with E-state index in [2.05, 4.69) is 4.98 Å². The first kappa shape index (κ1) is 14.8. The minimum Gasteiger partial charge on any atom is -0.390 e. The molecule has 0 radical (unpaired) electrons. The first-order valence-corrected chi connectivity index (χ1v) is 7.22. The number of benzene rings is 2. The van der Waals surface area contributed by atoms with Gasteiger partial charge in [0.15, 0.2) is 5.15 Å². The molecule has 0 saturated carbocycles. The lowest BCUT2D eigenvalue weighted by Crippen LogP contribution is -2.06. The van der Waals surface area contributed by atoms with Crippen LogP contribution in [0.1, 0.15) is 11.3 Å². The van der Waals surface area contributed by atoms with Crippen LogP contribution in [0.25, 0.3) is 11.4 Å². The van der Waals surface area contributed by atoms with Crippen LogP contribution < -0.4 is 0 Å².